The molecule has 0 bridgehead atoms. The molecule has 1 aromatic carbocycles. The third kappa shape index (κ3) is 2.92. The molecule has 0 spiro atoms. The Morgan fingerprint density at radius 2 is 2.05 bits per heavy atom. The van der Waals surface area contributed by atoms with Crippen LogP contribution < -0.4 is 11.3 Å². The molecule has 2 aromatic heterocycles. The zero-order chi connectivity index (χ0) is 14.8. The first-order valence-electron chi connectivity index (χ1n) is 6.60. The van der Waals surface area contributed by atoms with E-state index >= 15 is 0 Å². The van der Waals surface area contributed by atoms with Gasteiger partial charge in [0, 0.05) is 28.6 Å². The standard InChI is InChI=1S/C16H15N3OS/c1-11-6-7-19-15(8-11)18-12(9-16(19)20)10-21-14-5-3-2-4-13(14)17/h2-9H,10,17H2,1H3. The van der Waals surface area contributed by atoms with Crippen LogP contribution in [0.4, 0.5) is 5.69 Å². The number of hydrogen-bond acceptors (Lipinski definition) is 4. The molecule has 0 saturated carbocycles. The third-order valence-electron chi connectivity index (χ3n) is 3.17. The average Bonchev–Trinajstić information content (AvgIpc) is 2.46. The van der Waals surface area contributed by atoms with Gasteiger partial charge in [-0.05, 0) is 36.8 Å². The van der Waals surface area contributed by atoms with Gasteiger partial charge in [0.05, 0.1) is 5.69 Å². The summed E-state index contributed by atoms with van der Waals surface area (Å²) in [6, 6.07) is 13.1. The Balaban J connectivity index is 1.91. The molecule has 0 aliphatic heterocycles. The molecule has 0 saturated heterocycles. The minimum Gasteiger partial charge on any atom is -0.398 e. The molecule has 2 N–H and O–H groups in total. The fraction of sp³-hybridized carbons (Fsp3) is 0.125. The number of nitrogens with zero attached hydrogens (tertiary/aromatic N) is 2. The predicted molar refractivity (Wildman–Crippen MR) is 86.6 cm³/mol. The van der Waals surface area contributed by atoms with Crippen LogP contribution in [0.25, 0.3) is 5.65 Å². The van der Waals surface area contributed by atoms with Gasteiger partial charge in [-0.1, -0.05) is 12.1 Å². The van der Waals surface area contributed by atoms with Gasteiger partial charge in [0.25, 0.3) is 5.56 Å². The zero-order valence-electron chi connectivity index (χ0n) is 11.6. The summed E-state index contributed by atoms with van der Waals surface area (Å²) in [5.41, 5.74) is 9.13. The number of aromatic nitrogens is 2. The molecule has 106 valence electrons. The van der Waals surface area contributed by atoms with Gasteiger partial charge in [-0.2, -0.15) is 0 Å². The molecule has 0 aliphatic carbocycles. The number of fused-ring (bicyclic) bond motifs is 1. The highest BCUT2D eigenvalue weighted by molar-refractivity contribution is 7.98. The van der Waals surface area contributed by atoms with E-state index in [9.17, 15) is 4.79 Å². The molecule has 0 aliphatic rings. The molecule has 3 aromatic rings. The number of nitrogens with two attached hydrogens (primary N) is 1. The maximum atomic E-state index is 12.1. The average molecular weight is 297 g/mol. The Hall–Kier alpha value is -2.27. The molecule has 0 fully saturated rings. The number of nitrogen functional groups attached to an aromatic ring is 1. The molecular weight excluding hydrogens is 282 g/mol. The summed E-state index contributed by atoms with van der Waals surface area (Å²) in [6.07, 6.45) is 1.76. The van der Waals surface area contributed by atoms with Crippen LogP contribution in [-0.4, -0.2) is 9.38 Å². The second-order valence-electron chi connectivity index (χ2n) is 4.84. The lowest BCUT2D eigenvalue weighted by atomic mass is 10.3. The van der Waals surface area contributed by atoms with E-state index in [1.165, 1.54) is 0 Å². The van der Waals surface area contributed by atoms with E-state index in [1.807, 2.05) is 43.3 Å². The van der Waals surface area contributed by atoms with E-state index in [0.29, 0.717) is 11.4 Å². The molecule has 21 heavy (non-hydrogen) atoms. The van der Waals surface area contributed by atoms with Crippen molar-refractivity contribution in [2.75, 3.05) is 5.73 Å². The van der Waals surface area contributed by atoms with Gasteiger partial charge in [0.1, 0.15) is 5.65 Å². The van der Waals surface area contributed by atoms with Gasteiger partial charge >= 0.3 is 0 Å². The van der Waals surface area contributed by atoms with Gasteiger partial charge in [-0.25, -0.2) is 4.98 Å². The largest absolute Gasteiger partial charge is 0.398 e. The molecule has 0 unspecified atom stereocenters. The first-order chi connectivity index (χ1) is 10.1. The van der Waals surface area contributed by atoms with Crippen LogP contribution in [0.2, 0.25) is 0 Å². The quantitative estimate of drug-likeness (QED) is 0.596. The van der Waals surface area contributed by atoms with Gasteiger partial charge in [0.2, 0.25) is 0 Å². The van der Waals surface area contributed by atoms with Crippen LogP contribution in [0.5, 0.6) is 0 Å². The topological polar surface area (TPSA) is 60.4 Å². The lowest BCUT2D eigenvalue weighted by Gasteiger charge is -2.06. The van der Waals surface area contributed by atoms with E-state index in [1.54, 1.807) is 28.4 Å². The fourth-order valence-electron chi connectivity index (χ4n) is 2.09. The van der Waals surface area contributed by atoms with Crippen molar-refractivity contribution in [2.24, 2.45) is 0 Å². The molecule has 0 atom stereocenters. The SMILES string of the molecule is Cc1ccn2c(=O)cc(CSc3ccccc3N)nc2c1. The number of rotatable bonds is 3. The van der Waals surface area contributed by atoms with E-state index in [0.717, 1.165) is 21.8 Å². The summed E-state index contributed by atoms with van der Waals surface area (Å²) in [4.78, 5) is 17.6. The van der Waals surface area contributed by atoms with E-state index in [4.69, 9.17) is 5.73 Å². The number of hydrogen-bond donors (Lipinski definition) is 1. The highest BCUT2D eigenvalue weighted by atomic mass is 32.2. The van der Waals surface area contributed by atoms with Crippen molar-refractivity contribution >= 4 is 23.1 Å². The van der Waals surface area contributed by atoms with E-state index in [2.05, 4.69) is 4.98 Å². The van der Waals surface area contributed by atoms with Crippen LogP contribution >= 0.6 is 11.8 Å². The fourth-order valence-corrected chi connectivity index (χ4v) is 2.95. The van der Waals surface area contributed by atoms with Crippen LogP contribution in [0, 0.1) is 6.92 Å². The van der Waals surface area contributed by atoms with Crippen LogP contribution in [0.3, 0.4) is 0 Å². The van der Waals surface area contributed by atoms with Gasteiger partial charge < -0.3 is 5.73 Å². The number of anilines is 1. The molecule has 2 heterocycles. The second-order valence-corrected chi connectivity index (χ2v) is 5.86. The maximum absolute atomic E-state index is 12.1. The summed E-state index contributed by atoms with van der Waals surface area (Å²) in [6.45, 7) is 1.98. The molecule has 0 radical (unpaired) electrons. The van der Waals surface area contributed by atoms with E-state index in [-0.39, 0.29) is 5.56 Å². The minimum absolute atomic E-state index is 0.0587. The van der Waals surface area contributed by atoms with Gasteiger partial charge in [-0.15, -0.1) is 11.8 Å². The van der Waals surface area contributed by atoms with Crippen molar-refractivity contribution in [3.8, 4) is 0 Å². The van der Waals surface area contributed by atoms with Crippen molar-refractivity contribution in [1.82, 2.24) is 9.38 Å². The monoisotopic (exact) mass is 297 g/mol. The summed E-state index contributed by atoms with van der Waals surface area (Å²) in [5, 5.41) is 0. The van der Waals surface area contributed by atoms with Crippen LogP contribution in [-0.2, 0) is 5.75 Å². The first-order valence-corrected chi connectivity index (χ1v) is 7.58. The van der Waals surface area contributed by atoms with Crippen molar-refractivity contribution in [3.05, 3.63) is 70.3 Å². The van der Waals surface area contributed by atoms with Crippen molar-refractivity contribution in [1.29, 1.82) is 0 Å². The lowest BCUT2D eigenvalue weighted by molar-refractivity contribution is 1.01. The summed E-state index contributed by atoms with van der Waals surface area (Å²) in [7, 11) is 0. The summed E-state index contributed by atoms with van der Waals surface area (Å²) >= 11 is 1.59. The molecule has 0 amide bonds. The molecular formula is C16H15N3OS. The summed E-state index contributed by atoms with van der Waals surface area (Å²) < 4.78 is 1.55. The number of benzene rings is 1. The Labute approximate surface area is 126 Å². The highest BCUT2D eigenvalue weighted by Gasteiger charge is 2.05. The third-order valence-corrected chi connectivity index (χ3v) is 4.29. The van der Waals surface area contributed by atoms with E-state index < -0.39 is 0 Å². The van der Waals surface area contributed by atoms with Gasteiger partial charge in [-0.3, -0.25) is 9.20 Å². The normalized spacial score (nSPS) is 10.9. The number of aryl methyl sites for hydroxylation is 1. The number of pyridine rings is 1. The minimum atomic E-state index is -0.0587. The van der Waals surface area contributed by atoms with Crippen molar-refractivity contribution in [2.45, 2.75) is 17.6 Å². The maximum Gasteiger partial charge on any atom is 0.258 e. The van der Waals surface area contributed by atoms with Crippen LogP contribution in [0.15, 0.2) is 58.4 Å². The summed E-state index contributed by atoms with van der Waals surface area (Å²) in [5.74, 6) is 0.619. The second kappa shape index (κ2) is 5.61. The van der Waals surface area contributed by atoms with Crippen LogP contribution in [0.1, 0.15) is 11.3 Å². The number of para-hydroxylation sites is 1. The Morgan fingerprint density at radius 3 is 2.86 bits per heavy atom. The molecule has 3 rings (SSSR count). The van der Waals surface area contributed by atoms with Gasteiger partial charge in [0.15, 0.2) is 0 Å². The predicted octanol–water partition coefficient (Wildman–Crippen LogP) is 2.88. The Kier molecular flexibility index (Phi) is 3.66. The smallest absolute Gasteiger partial charge is 0.258 e. The Bertz CT molecular complexity index is 858. The van der Waals surface area contributed by atoms with Crippen molar-refractivity contribution < 1.29 is 0 Å². The molecule has 5 heteroatoms. The Morgan fingerprint density at radius 1 is 1.24 bits per heavy atom. The molecule has 4 nitrogen and oxygen atoms in total. The zero-order valence-corrected chi connectivity index (χ0v) is 12.4. The lowest BCUT2D eigenvalue weighted by Crippen LogP contribution is -2.15. The van der Waals surface area contributed by atoms with Crippen molar-refractivity contribution in [3.63, 3.8) is 0 Å². The highest BCUT2D eigenvalue weighted by Crippen LogP contribution is 2.26. The number of thioether (sulfide) groups is 1. The first kappa shape index (κ1) is 13.7.